The second kappa shape index (κ2) is 8.68. The molecule has 1 aromatic heterocycles. The lowest BCUT2D eigenvalue weighted by atomic mass is 10.2. The molecule has 0 saturated carbocycles. The number of para-hydroxylation sites is 3. The Morgan fingerprint density at radius 3 is 2.59 bits per heavy atom. The predicted molar refractivity (Wildman–Crippen MR) is 105 cm³/mol. The van der Waals surface area contributed by atoms with E-state index in [-0.39, 0.29) is 11.2 Å². The van der Waals surface area contributed by atoms with E-state index in [1.54, 1.807) is 16.7 Å². The highest BCUT2D eigenvalue weighted by Crippen LogP contribution is 2.29. The van der Waals surface area contributed by atoms with Crippen LogP contribution in [-0.4, -0.2) is 45.0 Å². The summed E-state index contributed by atoms with van der Waals surface area (Å²) in [6.07, 6.45) is 0. The quantitative estimate of drug-likeness (QED) is 0.584. The van der Waals surface area contributed by atoms with Gasteiger partial charge in [0, 0.05) is 12.2 Å². The summed E-state index contributed by atoms with van der Waals surface area (Å²) >= 11 is 1.32. The lowest BCUT2D eigenvalue weighted by Crippen LogP contribution is -2.36. The molecule has 0 aliphatic rings. The number of amides is 1. The van der Waals surface area contributed by atoms with E-state index in [1.165, 1.54) is 11.8 Å². The summed E-state index contributed by atoms with van der Waals surface area (Å²) < 4.78 is 6.98. The third-order valence-corrected chi connectivity index (χ3v) is 5.05. The first-order valence-corrected chi connectivity index (χ1v) is 9.48. The average molecular weight is 383 g/mol. The van der Waals surface area contributed by atoms with Gasteiger partial charge in [-0.2, -0.15) is 4.68 Å². The number of anilines is 1. The lowest BCUT2D eigenvalue weighted by molar-refractivity contribution is -0.117. The molecule has 1 unspecified atom stereocenters. The van der Waals surface area contributed by atoms with Crippen molar-refractivity contribution in [3.8, 4) is 11.4 Å². The number of aromatic nitrogens is 4. The van der Waals surface area contributed by atoms with Crippen LogP contribution < -0.4 is 9.64 Å². The normalized spacial score (nSPS) is 11.8. The summed E-state index contributed by atoms with van der Waals surface area (Å²) in [4.78, 5) is 14.7. The van der Waals surface area contributed by atoms with Gasteiger partial charge in [0.2, 0.25) is 11.1 Å². The highest BCUT2D eigenvalue weighted by molar-refractivity contribution is 8.00. The van der Waals surface area contributed by atoms with Gasteiger partial charge >= 0.3 is 0 Å². The summed E-state index contributed by atoms with van der Waals surface area (Å²) in [6, 6.07) is 17.1. The predicted octanol–water partition coefficient (Wildman–Crippen LogP) is 3.20. The van der Waals surface area contributed by atoms with Gasteiger partial charge in [-0.25, -0.2) is 0 Å². The Labute approximate surface area is 162 Å². The summed E-state index contributed by atoms with van der Waals surface area (Å²) in [5.74, 6) is 0.661. The number of methoxy groups -OCH3 is 1. The third kappa shape index (κ3) is 4.11. The fourth-order valence-corrected chi connectivity index (χ4v) is 3.57. The van der Waals surface area contributed by atoms with Crippen molar-refractivity contribution >= 4 is 23.4 Å². The van der Waals surface area contributed by atoms with E-state index < -0.39 is 0 Å². The highest BCUT2D eigenvalue weighted by Gasteiger charge is 2.24. The molecule has 1 heterocycles. The van der Waals surface area contributed by atoms with Crippen LogP contribution in [0, 0.1) is 0 Å². The molecule has 3 rings (SSSR count). The van der Waals surface area contributed by atoms with Gasteiger partial charge < -0.3 is 9.64 Å². The van der Waals surface area contributed by atoms with Crippen molar-refractivity contribution in [1.29, 1.82) is 0 Å². The Balaban J connectivity index is 1.82. The van der Waals surface area contributed by atoms with Crippen LogP contribution >= 0.6 is 11.8 Å². The summed E-state index contributed by atoms with van der Waals surface area (Å²) in [7, 11) is 1.60. The van der Waals surface area contributed by atoms with E-state index in [1.807, 2.05) is 68.4 Å². The molecule has 1 atom stereocenters. The second-order valence-electron chi connectivity index (χ2n) is 5.72. The maximum atomic E-state index is 13.0. The second-order valence-corrected chi connectivity index (χ2v) is 7.03. The fraction of sp³-hybridized carbons (Fsp3) is 0.263. The molecular weight excluding hydrogens is 362 g/mol. The van der Waals surface area contributed by atoms with Gasteiger partial charge in [0.15, 0.2) is 0 Å². The summed E-state index contributed by atoms with van der Waals surface area (Å²) in [5.41, 5.74) is 1.60. The maximum Gasteiger partial charge on any atom is 0.240 e. The summed E-state index contributed by atoms with van der Waals surface area (Å²) in [6.45, 7) is 4.41. The van der Waals surface area contributed by atoms with Gasteiger partial charge in [0.25, 0.3) is 0 Å². The van der Waals surface area contributed by atoms with Crippen molar-refractivity contribution in [1.82, 2.24) is 20.2 Å². The lowest BCUT2D eigenvalue weighted by Gasteiger charge is -2.24. The van der Waals surface area contributed by atoms with Gasteiger partial charge in [-0.1, -0.05) is 42.1 Å². The largest absolute Gasteiger partial charge is 0.494 e. The van der Waals surface area contributed by atoms with E-state index in [2.05, 4.69) is 15.5 Å². The highest BCUT2D eigenvalue weighted by atomic mass is 32.2. The van der Waals surface area contributed by atoms with E-state index in [4.69, 9.17) is 4.74 Å². The van der Waals surface area contributed by atoms with Crippen LogP contribution in [-0.2, 0) is 4.79 Å². The zero-order valence-corrected chi connectivity index (χ0v) is 16.3. The van der Waals surface area contributed by atoms with Crippen molar-refractivity contribution in [2.45, 2.75) is 24.3 Å². The maximum absolute atomic E-state index is 13.0. The molecule has 2 aromatic carbocycles. The fourth-order valence-electron chi connectivity index (χ4n) is 2.71. The number of tetrazole rings is 1. The molecule has 0 spiro atoms. The van der Waals surface area contributed by atoms with E-state index in [9.17, 15) is 4.79 Å². The zero-order chi connectivity index (χ0) is 19.2. The number of hydrogen-bond donors (Lipinski definition) is 0. The molecule has 27 heavy (non-hydrogen) atoms. The monoisotopic (exact) mass is 383 g/mol. The topological polar surface area (TPSA) is 73.1 Å². The molecule has 1 amide bonds. The molecule has 8 heteroatoms. The number of nitrogens with zero attached hydrogens (tertiary/aromatic N) is 5. The van der Waals surface area contributed by atoms with Gasteiger partial charge in [0.05, 0.1) is 12.4 Å². The van der Waals surface area contributed by atoms with E-state index in [0.29, 0.717) is 17.5 Å². The van der Waals surface area contributed by atoms with Gasteiger partial charge in [0.1, 0.15) is 11.4 Å². The number of hydrogen-bond acceptors (Lipinski definition) is 6. The van der Waals surface area contributed by atoms with Crippen LogP contribution in [0.25, 0.3) is 5.69 Å². The Morgan fingerprint density at radius 2 is 1.89 bits per heavy atom. The molecule has 140 valence electrons. The molecule has 0 fully saturated rings. The third-order valence-electron chi connectivity index (χ3n) is 4.03. The number of thioether (sulfide) groups is 1. The minimum Gasteiger partial charge on any atom is -0.494 e. The van der Waals surface area contributed by atoms with Crippen LogP contribution in [0.1, 0.15) is 13.8 Å². The molecule has 0 aliphatic heterocycles. The van der Waals surface area contributed by atoms with Crippen LogP contribution in [0.15, 0.2) is 59.8 Å². The molecular formula is C19H21N5O2S. The zero-order valence-electron chi connectivity index (χ0n) is 15.4. The minimum atomic E-state index is -0.357. The molecule has 0 aliphatic carbocycles. The standard InChI is InChI=1S/C19H21N5O2S/c1-4-23(15-10-6-5-7-11-15)18(25)14(2)27-19-20-21-22-24(19)16-12-8-9-13-17(16)26-3/h5-14H,4H2,1-3H3. The SMILES string of the molecule is CCN(C(=O)C(C)Sc1nnnn1-c1ccccc1OC)c1ccccc1. The number of ether oxygens (including phenoxy) is 1. The van der Waals surface area contributed by atoms with Gasteiger partial charge in [-0.15, -0.1) is 5.10 Å². The minimum absolute atomic E-state index is 0.00303. The number of carbonyl (C=O) groups excluding carboxylic acids is 1. The van der Waals surface area contributed by atoms with Crippen LogP contribution in [0.2, 0.25) is 0 Å². The molecule has 3 aromatic rings. The van der Waals surface area contributed by atoms with Crippen molar-refractivity contribution in [3.05, 3.63) is 54.6 Å². The van der Waals surface area contributed by atoms with Gasteiger partial charge in [-0.05, 0) is 48.5 Å². The Hall–Kier alpha value is -2.87. The molecule has 7 nitrogen and oxygen atoms in total. The van der Waals surface area contributed by atoms with E-state index in [0.717, 1.165) is 11.4 Å². The number of rotatable bonds is 7. The van der Waals surface area contributed by atoms with Gasteiger partial charge in [-0.3, -0.25) is 4.79 Å². The molecule has 0 radical (unpaired) electrons. The Bertz CT molecular complexity index is 900. The molecule has 0 saturated heterocycles. The Morgan fingerprint density at radius 1 is 1.19 bits per heavy atom. The molecule has 0 bridgehead atoms. The first kappa shape index (κ1) is 18.9. The Kier molecular flexibility index (Phi) is 6.08. The van der Waals surface area contributed by atoms with Crippen molar-refractivity contribution < 1.29 is 9.53 Å². The van der Waals surface area contributed by atoms with E-state index >= 15 is 0 Å². The molecule has 0 N–H and O–H groups in total. The van der Waals surface area contributed by atoms with Crippen LogP contribution in [0.5, 0.6) is 5.75 Å². The van der Waals surface area contributed by atoms with Crippen LogP contribution in [0.3, 0.4) is 0 Å². The smallest absolute Gasteiger partial charge is 0.240 e. The van der Waals surface area contributed by atoms with Crippen molar-refractivity contribution in [3.63, 3.8) is 0 Å². The van der Waals surface area contributed by atoms with Crippen LogP contribution in [0.4, 0.5) is 5.69 Å². The first-order chi connectivity index (χ1) is 13.2. The van der Waals surface area contributed by atoms with Crippen molar-refractivity contribution in [2.24, 2.45) is 0 Å². The van der Waals surface area contributed by atoms with Crippen molar-refractivity contribution in [2.75, 3.05) is 18.6 Å². The number of carbonyl (C=O) groups is 1. The summed E-state index contributed by atoms with van der Waals surface area (Å²) in [5, 5.41) is 12.1. The number of benzene rings is 2. The average Bonchev–Trinajstić information content (AvgIpc) is 3.17. The first-order valence-electron chi connectivity index (χ1n) is 8.60.